The normalized spacial score (nSPS) is 17.9. The molecule has 2 aliphatic heterocycles. The van der Waals surface area contributed by atoms with Crippen LogP contribution in [0, 0.1) is 0 Å². The third-order valence-corrected chi connectivity index (χ3v) is 6.28. The minimum Gasteiger partial charge on any atom is -0.486 e. The predicted octanol–water partition coefficient (Wildman–Crippen LogP) is 3.05. The summed E-state index contributed by atoms with van der Waals surface area (Å²) >= 11 is 0. The van der Waals surface area contributed by atoms with Crippen LogP contribution in [-0.2, 0) is 11.2 Å². The first kappa shape index (κ1) is 21.7. The van der Waals surface area contributed by atoms with E-state index >= 15 is 0 Å². The Bertz CT molecular complexity index is 867. The Balaban J connectivity index is 1.49. The van der Waals surface area contributed by atoms with E-state index in [1.54, 1.807) is 4.90 Å². The first-order chi connectivity index (χ1) is 15.1. The zero-order valence-electron chi connectivity index (χ0n) is 18.2. The number of likely N-dealkylation sites (N-methyl/N-ethyl adjacent to an activating group) is 1. The molecule has 2 aromatic rings. The number of amides is 1. The summed E-state index contributed by atoms with van der Waals surface area (Å²) in [7, 11) is 1.81. The van der Waals surface area contributed by atoms with Gasteiger partial charge in [0.25, 0.3) is 0 Å². The second kappa shape index (κ2) is 10.2. The highest BCUT2D eigenvalue weighted by Crippen LogP contribution is 2.34. The molecule has 4 rings (SSSR count). The van der Waals surface area contributed by atoms with Gasteiger partial charge in [-0.05, 0) is 55.6 Å². The summed E-state index contributed by atoms with van der Waals surface area (Å²) in [6.45, 7) is 3.71. The van der Waals surface area contributed by atoms with E-state index in [0.29, 0.717) is 44.1 Å². The minimum absolute atomic E-state index is 0.0460. The molecule has 1 amide bonds. The molecule has 31 heavy (non-hydrogen) atoms. The molecule has 2 aliphatic rings. The lowest BCUT2D eigenvalue weighted by Gasteiger charge is -2.35. The molecule has 6 heteroatoms. The van der Waals surface area contributed by atoms with E-state index in [0.717, 1.165) is 24.2 Å². The third-order valence-electron chi connectivity index (χ3n) is 6.28. The van der Waals surface area contributed by atoms with Crippen LogP contribution in [0.3, 0.4) is 0 Å². The fraction of sp³-hybridized carbons (Fsp3) is 0.480. The molecule has 2 aromatic carbocycles. The van der Waals surface area contributed by atoms with Gasteiger partial charge in [0.05, 0.1) is 6.04 Å². The summed E-state index contributed by atoms with van der Waals surface area (Å²) in [5.74, 6) is 1.40. The average Bonchev–Trinajstić information content (AvgIpc) is 3.34. The summed E-state index contributed by atoms with van der Waals surface area (Å²) < 4.78 is 11.3. The molecule has 0 unspecified atom stereocenters. The van der Waals surface area contributed by atoms with Gasteiger partial charge in [0, 0.05) is 20.0 Å². The Hall–Kier alpha value is -2.57. The van der Waals surface area contributed by atoms with E-state index in [4.69, 9.17) is 9.47 Å². The van der Waals surface area contributed by atoms with Gasteiger partial charge in [-0.3, -0.25) is 4.79 Å². The summed E-state index contributed by atoms with van der Waals surface area (Å²) in [4.78, 5) is 17.1. The topological polar surface area (TPSA) is 62.2 Å². The monoisotopic (exact) mass is 424 g/mol. The number of aryl methyl sites for hydroxylation is 1. The molecule has 1 fully saturated rings. The number of rotatable bonds is 8. The van der Waals surface area contributed by atoms with E-state index in [9.17, 15) is 9.90 Å². The molecule has 0 aliphatic carbocycles. The Morgan fingerprint density at radius 1 is 1.06 bits per heavy atom. The number of carbonyl (C=O) groups is 1. The fourth-order valence-electron chi connectivity index (χ4n) is 4.39. The van der Waals surface area contributed by atoms with Crippen LogP contribution in [-0.4, -0.2) is 66.8 Å². The first-order valence-corrected chi connectivity index (χ1v) is 11.2. The molecule has 6 nitrogen and oxygen atoms in total. The van der Waals surface area contributed by atoms with E-state index in [-0.39, 0.29) is 11.9 Å². The van der Waals surface area contributed by atoms with Gasteiger partial charge in [-0.15, -0.1) is 0 Å². The number of fused-ring (bicyclic) bond motifs is 1. The summed E-state index contributed by atoms with van der Waals surface area (Å²) in [5.41, 5.74) is 1.89. The molecule has 1 saturated heterocycles. The van der Waals surface area contributed by atoms with E-state index in [1.807, 2.05) is 55.6 Å². The van der Waals surface area contributed by atoms with Gasteiger partial charge in [-0.25, -0.2) is 0 Å². The number of benzene rings is 2. The first-order valence-electron chi connectivity index (χ1n) is 11.2. The molecule has 1 N–H and O–H groups in total. The van der Waals surface area contributed by atoms with E-state index in [1.165, 1.54) is 12.8 Å². The Morgan fingerprint density at radius 2 is 1.77 bits per heavy atom. The number of hydrogen-bond donors (Lipinski definition) is 1. The van der Waals surface area contributed by atoms with Gasteiger partial charge >= 0.3 is 0 Å². The maximum absolute atomic E-state index is 13.1. The molecule has 166 valence electrons. The number of carbonyl (C=O) groups excluding carboxylic acids is 1. The van der Waals surface area contributed by atoms with E-state index < -0.39 is 6.10 Å². The quantitative estimate of drug-likeness (QED) is 0.706. The van der Waals surface area contributed by atoms with Crippen molar-refractivity contribution in [3.8, 4) is 11.5 Å². The maximum atomic E-state index is 13.1. The zero-order chi connectivity index (χ0) is 21.6. The van der Waals surface area contributed by atoms with Crippen molar-refractivity contribution in [3.63, 3.8) is 0 Å². The Labute approximate surface area is 184 Å². The fourth-order valence-corrected chi connectivity index (χ4v) is 4.39. The smallest absolute Gasteiger partial charge is 0.223 e. The van der Waals surface area contributed by atoms with Crippen LogP contribution in [0.4, 0.5) is 0 Å². The van der Waals surface area contributed by atoms with Crippen LogP contribution in [0.15, 0.2) is 48.5 Å². The van der Waals surface area contributed by atoms with Crippen LogP contribution in [0.2, 0.25) is 0 Å². The number of nitrogens with zero attached hydrogens (tertiary/aromatic N) is 2. The van der Waals surface area contributed by atoms with Gasteiger partial charge < -0.3 is 24.4 Å². The second-order valence-electron chi connectivity index (χ2n) is 8.41. The van der Waals surface area contributed by atoms with Crippen LogP contribution in [0.1, 0.15) is 36.5 Å². The molecular formula is C25H32N2O4. The average molecular weight is 425 g/mol. The second-order valence-corrected chi connectivity index (χ2v) is 8.41. The molecule has 2 atom stereocenters. The number of likely N-dealkylation sites (tertiary alicyclic amines) is 1. The van der Waals surface area contributed by atoms with Crippen molar-refractivity contribution in [2.45, 2.75) is 37.8 Å². The third kappa shape index (κ3) is 5.38. The number of aliphatic hydroxyl groups excluding tert-OH is 1. The standard InChI is InChI=1S/C25H32N2O4/c1-26(24(28)12-9-19-7-3-2-4-8-19)21(18-27-13-5-6-14-27)25(29)20-10-11-22-23(17-20)31-16-15-30-22/h2-4,7-8,10-11,17,21,25,29H,5-6,9,12-16,18H2,1H3/t21-,25-/m1/s1. The SMILES string of the molecule is CN(C(=O)CCc1ccccc1)[C@H](CN1CCCC1)[C@H](O)c1ccc2c(c1)OCCO2. The zero-order valence-corrected chi connectivity index (χ0v) is 18.2. The highest BCUT2D eigenvalue weighted by molar-refractivity contribution is 5.76. The van der Waals surface area contributed by atoms with Gasteiger partial charge in [0.2, 0.25) is 5.91 Å². The van der Waals surface area contributed by atoms with Crippen molar-refractivity contribution in [1.82, 2.24) is 9.80 Å². The van der Waals surface area contributed by atoms with Crippen LogP contribution in [0.25, 0.3) is 0 Å². The highest BCUT2D eigenvalue weighted by atomic mass is 16.6. The molecular weight excluding hydrogens is 392 g/mol. The summed E-state index contributed by atoms with van der Waals surface area (Å²) in [5, 5.41) is 11.3. The van der Waals surface area contributed by atoms with Crippen molar-refractivity contribution >= 4 is 5.91 Å². The van der Waals surface area contributed by atoms with Crippen molar-refractivity contribution in [1.29, 1.82) is 0 Å². The number of ether oxygens (including phenoxy) is 2. The lowest BCUT2D eigenvalue weighted by Crippen LogP contribution is -2.47. The molecule has 0 spiro atoms. The Kier molecular flexibility index (Phi) is 7.10. The molecule has 0 saturated carbocycles. The maximum Gasteiger partial charge on any atom is 0.223 e. The van der Waals surface area contributed by atoms with Crippen molar-refractivity contribution in [2.24, 2.45) is 0 Å². The molecule has 0 radical (unpaired) electrons. The van der Waals surface area contributed by atoms with Crippen molar-refractivity contribution < 1.29 is 19.4 Å². The lowest BCUT2D eigenvalue weighted by molar-refractivity contribution is -0.135. The van der Waals surface area contributed by atoms with Crippen molar-refractivity contribution in [3.05, 3.63) is 59.7 Å². The molecule has 0 bridgehead atoms. The van der Waals surface area contributed by atoms with Gasteiger partial charge in [0.15, 0.2) is 11.5 Å². The summed E-state index contributed by atoms with van der Waals surface area (Å²) in [6.07, 6.45) is 2.64. The minimum atomic E-state index is -0.804. The molecule has 0 aromatic heterocycles. The van der Waals surface area contributed by atoms with Gasteiger partial charge in [-0.2, -0.15) is 0 Å². The Morgan fingerprint density at radius 3 is 2.52 bits per heavy atom. The van der Waals surface area contributed by atoms with Crippen LogP contribution in [0.5, 0.6) is 11.5 Å². The highest BCUT2D eigenvalue weighted by Gasteiger charge is 2.31. The largest absolute Gasteiger partial charge is 0.486 e. The molecule has 2 heterocycles. The summed E-state index contributed by atoms with van der Waals surface area (Å²) in [6, 6.07) is 15.3. The van der Waals surface area contributed by atoms with E-state index in [2.05, 4.69) is 4.90 Å². The lowest BCUT2D eigenvalue weighted by atomic mass is 9.99. The van der Waals surface area contributed by atoms with Crippen LogP contribution >= 0.6 is 0 Å². The van der Waals surface area contributed by atoms with Crippen LogP contribution < -0.4 is 9.47 Å². The van der Waals surface area contributed by atoms with Gasteiger partial charge in [0.1, 0.15) is 19.3 Å². The van der Waals surface area contributed by atoms with Gasteiger partial charge in [-0.1, -0.05) is 36.4 Å². The predicted molar refractivity (Wildman–Crippen MR) is 119 cm³/mol. The number of hydrogen-bond acceptors (Lipinski definition) is 5. The van der Waals surface area contributed by atoms with Crippen molar-refractivity contribution in [2.75, 3.05) is 39.9 Å². The number of aliphatic hydroxyl groups is 1.